The molecule has 0 aliphatic heterocycles. The van der Waals surface area contributed by atoms with Crippen LogP contribution >= 0.6 is 0 Å². The highest BCUT2D eigenvalue weighted by Crippen LogP contribution is 1.97. The van der Waals surface area contributed by atoms with E-state index in [9.17, 15) is 4.79 Å². The summed E-state index contributed by atoms with van der Waals surface area (Å²) in [6.07, 6.45) is 1.28. The molecule has 0 unspecified atom stereocenters. The molecule has 2 N–H and O–H groups in total. The average Bonchev–Trinajstić information content (AvgIpc) is 2.02. The number of aliphatic hydroxyl groups excluding tert-OH is 1. The van der Waals surface area contributed by atoms with Gasteiger partial charge in [0.2, 0.25) is 0 Å². The number of nitrogens with one attached hydrogen (secondary N) is 1. The third kappa shape index (κ3) is 3.09. The minimum absolute atomic E-state index is 0.320. The van der Waals surface area contributed by atoms with Gasteiger partial charge in [0.1, 0.15) is 0 Å². The zero-order valence-corrected chi connectivity index (χ0v) is 7.59. The Morgan fingerprint density at radius 3 is 2.42 bits per heavy atom. The molecule has 0 rings (SSSR count). The predicted molar refractivity (Wildman–Crippen MR) is 47.6 cm³/mol. The van der Waals surface area contributed by atoms with Gasteiger partial charge in [0.05, 0.1) is 0 Å². The van der Waals surface area contributed by atoms with Crippen molar-refractivity contribution in [3.05, 3.63) is 24.1 Å². The summed E-state index contributed by atoms with van der Waals surface area (Å²) in [4.78, 5) is 12.3. The molecule has 12 heavy (non-hydrogen) atoms. The Hall–Kier alpha value is -1.45. The van der Waals surface area contributed by atoms with Gasteiger partial charge < -0.3 is 15.3 Å². The number of aliphatic hydroxyl groups is 1. The number of likely N-dealkylation sites (N-methyl/N-ethyl adjacent to an activating group) is 2. The molecule has 0 radical (unpaired) electrons. The van der Waals surface area contributed by atoms with E-state index >= 15 is 0 Å². The Bertz CT molecular complexity index is 219. The Balaban J connectivity index is 4.38. The van der Waals surface area contributed by atoms with Gasteiger partial charge in [0, 0.05) is 32.9 Å². The number of nitrogens with zero attached hydrogens (tertiary/aromatic N) is 1. The van der Waals surface area contributed by atoms with E-state index in [4.69, 9.17) is 5.11 Å². The first-order chi connectivity index (χ1) is 5.49. The van der Waals surface area contributed by atoms with Crippen LogP contribution in [0.25, 0.3) is 0 Å². The molecule has 1 amide bonds. The lowest BCUT2D eigenvalue weighted by Crippen LogP contribution is -2.23. The molecule has 0 heterocycles. The van der Waals surface area contributed by atoms with E-state index in [0.29, 0.717) is 5.70 Å². The summed E-state index contributed by atoms with van der Waals surface area (Å²) in [5, 5.41) is 11.8. The zero-order chi connectivity index (χ0) is 9.72. The summed E-state index contributed by atoms with van der Waals surface area (Å²) in [5.74, 6) is -0.759. The highest BCUT2D eigenvalue weighted by molar-refractivity contribution is 5.91. The standard InChI is InChI=1S/C8H14N2O2/c1-6(9-2)5-7(11)8(12)10(3)4/h5,9,11H,1H2,2-4H3/b7-5-. The fraction of sp³-hybridized carbons (Fsp3) is 0.375. The normalized spacial score (nSPS) is 10.8. The van der Waals surface area contributed by atoms with Crippen molar-refractivity contribution in [2.75, 3.05) is 21.1 Å². The molecule has 0 aromatic rings. The third-order valence-electron chi connectivity index (χ3n) is 1.26. The fourth-order valence-electron chi connectivity index (χ4n) is 0.528. The van der Waals surface area contributed by atoms with Gasteiger partial charge in [-0.25, -0.2) is 0 Å². The van der Waals surface area contributed by atoms with Crippen molar-refractivity contribution in [1.29, 1.82) is 0 Å². The Kier molecular flexibility index (Phi) is 3.90. The van der Waals surface area contributed by atoms with Crippen molar-refractivity contribution in [3.63, 3.8) is 0 Å². The molecular formula is C8H14N2O2. The molecule has 0 atom stereocenters. The lowest BCUT2D eigenvalue weighted by molar-refractivity contribution is -0.127. The van der Waals surface area contributed by atoms with Gasteiger partial charge >= 0.3 is 0 Å². The second-order valence-corrected chi connectivity index (χ2v) is 2.50. The second kappa shape index (κ2) is 4.43. The van der Waals surface area contributed by atoms with Crippen molar-refractivity contribution in [3.8, 4) is 0 Å². The molecule has 0 aromatic carbocycles. The van der Waals surface area contributed by atoms with E-state index in [0.717, 1.165) is 0 Å². The summed E-state index contributed by atoms with van der Waals surface area (Å²) < 4.78 is 0. The quantitative estimate of drug-likeness (QED) is 0.362. The first-order valence-electron chi connectivity index (χ1n) is 3.48. The van der Waals surface area contributed by atoms with Crippen LogP contribution in [0, 0.1) is 0 Å². The Labute approximate surface area is 72.2 Å². The fourth-order valence-corrected chi connectivity index (χ4v) is 0.528. The molecule has 0 aliphatic rings. The summed E-state index contributed by atoms with van der Waals surface area (Å²) in [6.45, 7) is 3.54. The van der Waals surface area contributed by atoms with Crippen LogP contribution in [0.15, 0.2) is 24.1 Å². The van der Waals surface area contributed by atoms with Crippen LogP contribution in [0.4, 0.5) is 0 Å². The topological polar surface area (TPSA) is 52.6 Å². The second-order valence-electron chi connectivity index (χ2n) is 2.50. The van der Waals surface area contributed by atoms with E-state index < -0.39 is 5.91 Å². The van der Waals surface area contributed by atoms with Gasteiger partial charge in [-0.2, -0.15) is 0 Å². The Morgan fingerprint density at radius 2 is 2.08 bits per heavy atom. The largest absolute Gasteiger partial charge is 0.503 e. The van der Waals surface area contributed by atoms with Gasteiger partial charge in [-0.1, -0.05) is 6.58 Å². The number of carbonyl (C=O) groups is 1. The van der Waals surface area contributed by atoms with Crippen LogP contribution < -0.4 is 5.32 Å². The van der Waals surface area contributed by atoms with Crippen LogP contribution in [-0.4, -0.2) is 37.1 Å². The van der Waals surface area contributed by atoms with Crippen molar-refractivity contribution in [1.82, 2.24) is 10.2 Å². The number of hydrogen-bond acceptors (Lipinski definition) is 3. The molecule has 0 aromatic heterocycles. The highest BCUT2D eigenvalue weighted by atomic mass is 16.3. The summed E-state index contributed by atoms with van der Waals surface area (Å²) >= 11 is 0. The lowest BCUT2D eigenvalue weighted by atomic mass is 10.3. The molecule has 0 fully saturated rings. The van der Waals surface area contributed by atoms with E-state index in [1.807, 2.05) is 0 Å². The Morgan fingerprint density at radius 1 is 1.58 bits per heavy atom. The van der Waals surface area contributed by atoms with Crippen LogP contribution in [0.2, 0.25) is 0 Å². The highest BCUT2D eigenvalue weighted by Gasteiger charge is 2.08. The summed E-state index contributed by atoms with van der Waals surface area (Å²) in [7, 11) is 4.79. The van der Waals surface area contributed by atoms with E-state index in [2.05, 4.69) is 11.9 Å². The van der Waals surface area contributed by atoms with Gasteiger partial charge in [-0.3, -0.25) is 4.79 Å². The predicted octanol–water partition coefficient (Wildman–Crippen LogP) is 0.250. The first kappa shape index (κ1) is 10.6. The van der Waals surface area contributed by atoms with E-state index in [-0.39, 0.29) is 5.76 Å². The smallest absolute Gasteiger partial charge is 0.288 e. The number of rotatable bonds is 3. The van der Waals surface area contributed by atoms with Gasteiger partial charge in [-0.15, -0.1) is 0 Å². The van der Waals surface area contributed by atoms with Crippen LogP contribution in [0.3, 0.4) is 0 Å². The molecule has 0 spiro atoms. The zero-order valence-electron chi connectivity index (χ0n) is 7.59. The maximum Gasteiger partial charge on any atom is 0.288 e. The van der Waals surface area contributed by atoms with Crippen molar-refractivity contribution >= 4 is 5.91 Å². The van der Waals surface area contributed by atoms with Crippen LogP contribution in [-0.2, 0) is 4.79 Å². The first-order valence-corrected chi connectivity index (χ1v) is 3.48. The monoisotopic (exact) mass is 170 g/mol. The van der Waals surface area contributed by atoms with Crippen molar-refractivity contribution in [2.24, 2.45) is 0 Å². The lowest BCUT2D eigenvalue weighted by Gasteiger charge is -2.09. The minimum atomic E-state index is -0.439. The maximum atomic E-state index is 11.0. The third-order valence-corrected chi connectivity index (χ3v) is 1.26. The molecule has 4 nitrogen and oxygen atoms in total. The minimum Gasteiger partial charge on any atom is -0.503 e. The number of allylic oxidation sites excluding steroid dienone is 1. The molecular weight excluding hydrogens is 156 g/mol. The summed E-state index contributed by atoms with van der Waals surface area (Å²) in [5.41, 5.74) is 0.489. The molecule has 4 heteroatoms. The number of hydrogen-bond donors (Lipinski definition) is 2. The molecule has 0 bridgehead atoms. The van der Waals surface area contributed by atoms with Crippen molar-refractivity contribution in [2.45, 2.75) is 0 Å². The van der Waals surface area contributed by atoms with Gasteiger partial charge in [-0.05, 0) is 0 Å². The molecule has 0 saturated heterocycles. The molecule has 0 aliphatic carbocycles. The van der Waals surface area contributed by atoms with Gasteiger partial charge in [0.25, 0.3) is 5.91 Å². The van der Waals surface area contributed by atoms with Crippen LogP contribution in [0.1, 0.15) is 0 Å². The van der Waals surface area contributed by atoms with E-state index in [1.165, 1.54) is 11.0 Å². The summed E-state index contributed by atoms with van der Waals surface area (Å²) in [6, 6.07) is 0. The number of carbonyl (C=O) groups excluding carboxylic acids is 1. The van der Waals surface area contributed by atoms with Gasteiger partial charge in [0.15, 0.2) is 5.76 Å². The number of amides is 1. The molecule has 68 valence electrons. The maximum absolute atomic E-state index is 11.0. The van der Waals surface area contributed by atoms with E-state index in [1.54, 1.807) is 21.1 Å². The average molecular weight is 170 g/mol. The van der Waals surface area contributed by atoms with Crippen molar-refractivity contribution < 1.29 is 9.90 Å². The SMILES string of the molecule is C=C(/C=C(\O)C(=O)N(C)C)NC. The molecule has 0 saturated carbocycles. The van der Waals surface area contributed by atoms with Crippen LogP contribution in [0.5, 0.6) is 0 Å².